The maximum atomic E-state index is 13.8. The smallest absolute Gasteiger partial charge is 0.243 e. The molecule has 0 radical (unpaired) electrons. The monoisotopic (exact) mass is 400 g/mol. The van der Waals surface area contributed by atoms with Crippen LogP contribution in [0, 0.1) is 5.82 Å². The number of hydrogen-bond donors (Lipinski definition) is 2. The van der Waals surface area contributed by atoms with Gasteiger partial charge >= 0.3 is 0 Å². The summed E-state index contributed by atoms with van der Waals surface area (Å²) in [5.41, 5.74) is 5.64. The highest BCUT2D eigenvalue weighted by Gasteiger charge is 2.30. The lowest BCUT2D eigenvalue weighted by Crippen LogP contribution is -2.43. The summed E-state index contributed by atoms with van der Waals surface area (Å²) < 4.78 is 63.7. The maximum Gasteiger partial charge on any atom is 0.243 e. The average molecular weight is 401 g/mol. The average Bonchev–Trinajstić information content (AvgIpc) is 2.31. The second-order valence-corrected chi connectivity index (χ2v) is 9.64. The number of hydrogen-bond acceptors (Lipinski definition) is 5. The first-order chi connectivity index (χ1) is 9.61. The highest BCUT2D eigenvalue weighted by molar-refractivity contribution is 9.10. The van der Waals surface area contributed by atoms with Crippen LogP contribution in [0.1, 0.15) is 12.8 Å². The molecule has 0 saturated carbocycles. The van der Waals surface area contributed by atoms with Crippen LogP contribution < -0.4 is 10.5 Å². The van der Waals surface area contributed by atoms with E-state index in [-0.39, 0.29) is 21.7 Å². The fraction of sp³-hybridized carbons (Fsp3) is 0.455. The standard InChI is InChI=1S/C11H14BrFN2O4S2/c12-8-4-9(13)11(5-10(8)14)21(18,19)15-7-2-1-3-20(16,17)6-7/h4-5,7,15H,1-3,6,14H2. The molecule has 1 aliphatic rings. The molecule has 1 aromatic carbocycles. The third-order valence-electron chi connectivity index (χ3n) is 3.13. The van der Waals surface area contributed by atoms with Gasteiger partial charge in [0.15, 0.2) is 9.84 Å². The highest BCUT2D eigenvalue weighted by atomic mass is 79.9. The molecule has 10 heteroatoms. The Kier molecular flexibility index (Phi) is 4.62. The van der Waals surface area contributed by atoms with Crippen molar-refractivity contribution in [1.82, 2.24) is 4.72 Å². The molecule has 1 fully saturated rings. The fourth-order valence-electron chi connectivity index (χ4n) is 2.15. The van der Waals surface area contributed by atoms with Crippen LogP contribution in [-0.4, -0.2) is 34.4 Å². The molecule has 3 N–H and O–H groups in total. The summed E-state index contributed by atoms with van der Waals surface area (Å²) in [5, 5.41) is 0. The van der Waals surface area contributed by atoms with Gasteiger partial charge in [0.05, 0.1) is 11.5 Å². The van der Waals surface area contributed by atoms with E-state index < -0.39 is 36.6 Å². The van der Waals surface area contributed by atoms with Crippen molar-refractivity contribution < 1.29 is 21.2 Å². The van der Waals surface area contributed by atoms with Crippen LogP contribution in [0.15, 0.2) is 21.5 Å². The van der Waals surface area contributed by atoms with Crippen LogP contribution in [0.25, 0.3) is 0 Å². The number of sulfone groups is 1. The van der Waals surface area contributed by atoms with E-state index in [4.69, 9.17) is 5.73 Å². The molecule has 0 amide bonds. The molecule has 0 aromatic heterocycles. The predicted octanol–water partition coefficient (Wildman–Crippen LogP) is 1.03. The summed E-state index contributed by atoms with van der Waals surface area (Å²) in [5.74, 6) is -1.19. The maximum absolute atomic E-state index is 13.8. The zero-order valence-corrected chi connectivity index (χ0v) is 14.1. The third-order valence-corrected chi connectivity index (χ3v) is 7.17. The van der Waals surface area contributed by atoms with Crippen molar-refractivity contribution in [2.45, 2.75) is 23.8 Å². The van der Waals surface area contributed by atoms with Crippen LogP contribution in [0.4, 0.5) is 10.1 Å². The molecule has 0 bridgehead atoms. The molecule has 0 aliphatic carbocycles. The molecule has 0 spiro atoms. The molecule has 2 rings (SSSR count). The summed E-state index contributed by atoms with van der Waals surface area (Å²) in [6.07, 6.45) is 0.770. The molecule has 1 aromatic rings. The number of sulfonamides is 1. The van der Waals surface area contributed by atoms with Gasteiger partial charge in [-0.1, -0.05) is 0 Å². The van der Waals surface area contributed by atoms with Gasteiger partial charge in [-0.3, -0.25) is 0 Å². The molecule has 118 valence electrons. The number of nitrogen functional groups attached to an aromatic ring is 1. The van der Waals surface area contributed by atoms with Crippen molar-refractivity contribution in [3.8, 4) is 0 Å². The minimum absolute atomic E-state index is 0.0464. The van der Waals surface area contributed by atoms with E-state index in [0.717, 1.165) is 12.1 Å². The Morgan fingerprint density at radius 2 is 2.05 bits per heavy atom. The number of rotatable bonds is 3. The molecular weight excluding hydrogens is 387 g/mol. The lowest BCUT2D eigenvalue weighted by atomic mass is 10.2. The Bertz CT molecular complexity index is 765. The Labute approximate surface area is 131 Å². The van der Waals surface area contributed by atoms with Gasteiger partial charge in [-0.15, -0.1) is 0 Å². The first-order valence-corrected chi connectivity index (χ1v) is 10.2. The quantitative estimate of drug-likeness (QED) is 0.736. The number of nitrogens with one attached hydrogen (secondary N) is 1. The van der Waals surface area contributed by atoms with Gasteiger partial charge in [-0.25, -0.2) is 25.9 Å². The summed E-state index contributed by atoms with van der Waals surface area (Å²) in [6.45, 7) is 0. The van der Waals surface area contributed by atoms with Gasteiger partial charge in [0.25, 0.3) is 0 Å². The zero-order chi connectivity index (χ0) is 15.8. The van der Waals surface area contributed by atoms with Crippen molar-refractivity contribution in [2.75, 3.05) is 17.2 Å². The SMILES string of the molecule is Nc1cc(S(=O)(=O)NC2CCCS(=O)(=O)C2)c(F)cc1Br. The summed E-state index contributed by atoms with van der Waals surface area (Å²) >= 11 is 3.00. The Morgan fingerprint density at radius 3 is 2.67 bits per heavy atom. The molecular formula is C11H14BrFN2O4S2. The van der Waals surface area contributed by atoms with Crippen LogP contribution in [0.2, 0.25) is 0 Å². The second-order valence-electron chi connectivity index (χ2n) is 4.88. The predicted molar refractivity (Wildman–Crippen MR) is 80.5 cm³/mol. The molecule has 1 aliphatic heterocycles. The first kappa shape index (κ1) is 16.7. The molecule has 1 heterocycles. The summed E-state index contributed by atoms with van der Waals surface area (Å²) in [6, 6.07) is 1.21. The van der Waals surface area contributed by atoms with E-state index in [9.17, 15) is 21.2 Å². The van der Waals surface area contributed by atoms with E-state index >= 15 is 0 Å². The van der Waals surface area contributed by atoms with Gasteiger partial charge in [-0.05, 0) is 40.9 Å². The highest BCUT2D eigenvalue weighted by Crippen LogP contribution is 2.26. The van der Waals surface area contributed by atoms with Gasteiger partial charge in [-0.2, -0.15) is 0 Å². The number of benzene rings is 1. The molecule has 6 nitrogen and oxygen atoms in total. The minimum atomic E-state index is -4.17. The lowest BCUT2D eigenvalue weighted by molar-refractivity contribution is 0.512. The minimum Gasteiger partial charge on any atom is -0.398 e. The van der Waals surface area contributed by atoms with Gasteiger partial charge in [0.1, 0.15) is 10.7 Å². The van der Waals surface area contributed by atoms with Crippen LogP contribution in [0.3, 0.4) is 0 Å². The Balaban J connectivity index is 2.29. The first-order valence-electron chi connectivity index (χ1n) is 6.08. The molecule has 1 atom stereocenters. The molecule has 21 heavy (non-hydrogen) atoms. The van der Waals surface area contributed by atoms with Gasteiger partial charge in [0, 0.05) is 16.2 Å². The van der Waals surface area contributed by atoms with Crippen LogP contribution >= 0.6 is 15.9 Å². The van der Waals surface area contributed by atoms with Crippen molar-refractivity contribution in [1.29, 1.82) is 0 Å². The third kappa shape index (κ3) is 3.93. The largest absolute Gasteiger partial charge is 0.398 e. The van der Waals surface area contributed by atoms with E-state index in [1.54, 1.807) is 0 Å². The summed E-state index contributed by atoms with van der Waals surface area (Å²) in [7, 11) is -7.43. The van der Waals surface area contributed by atoms with E-state index in [2.05, 4.69) is 20.7 Å². The summed E-state index contributed by atoms with van der Waals surface area (Å²) in [4.78, 5) is -0.592. The van der Waals surface area contributed by atoms with Crippen molar-refractivity contribution in [2.24, 2.45) is 0 Å². The Hall–Kier alpha value is -0.710. The van der Waals surface area contributed by atoms with E-state index in [0.29, 0.717) is 12.8 Å². The van der Waals surface area contributed by atoms with E-state index in [1.807, 2.05) is 0 Å². The number of anilines is 1. The lowest BCUT2D eigenvalue weighted by Gasteiger charge is -2.23. The van der Waals surface area contributed by atoms with E-state index in [1.165, 1.54) is 0 Å². The van der Waals surface area contributed by atoms with Crippen LogP contribution in [0.5, 0.6) is 0 Å². The zero-order valence-electron chi connectivity index (χ0n) is 10.8. The van der Waals surface area contributed by atoms with Gasteiger partial charge in [0.2, 0.25) is 10.0 Å². The van der Waals surface area contributed by atoms with Gasteiger partial charge < -0.3 is 5.73 Å². The molecule has 1 unspecified atom stereocenters. The number of nitrogens with two attached hydrogens (primary N) is 1. The fourth-order valence-corrected chi connectivity index (χ4v) is 5.57. The second kappa shape index (κ2) is 5.82. The normalized spacial score (nSPS) is 22.1. The van der Waals surface area contributed by atoms with Crippen LogP contribution in [-0.2, 0) is 19.9 Å². The van der Waals surface area contributed by atoms with Crippen molar-refractivity contribution in [3.05, 3.63) is 22.4 Å². The number of halogens is 2. The van der Waals surface area contributed by atoms with Crippen molar-refractivity contribution >= 4 is 41.5 Å². The topological polar surface area (TPSA) is 106 Å². The van der Waals surface area contributed by atoms with Crippen molar-refractivity contribution in [3.63, 3.8) is 0 Å². The Morgan fingerprint density at radius 1 is 1.38 bits per heavy atom. The molecule has 1 saturated heterocycles.